The number of hydrogen-bond donors (Lipinski definition) is 4. The van der Waals surface area contributed by atoms with E-state index in [2.05, 4.69) is 20.6 Å². The zero-order valence-electron chi connectivity index (χ0n) is 15.9. The fourth-order valence-electron chi connectivity index (χ4n) is 2.21. The lowest BCUT2D eigenvalue weighted by Gasteiger charge is -2.10. The Bertz CT molecular complexity index is 896. The second kappa shape index (κ2) is 9.79. The van der Waals surface area contributed by atoms with Crippen molar-refractivity contribution in [3.8, 4) is 5.75 Å². The Hall–Kier alpha value is -3.01. The molecule has 28 heavy (non-hydrogen) atoms. The van der Waals surface area contributed by atoms with E-state index in [4.69, 9.17) is 10.5 Å². The summed E-state index contributed by atoms with van der Waals surface area (Å²) in [5.74, 6) is -0.0954. The third-order valence-electron chi connectivity index (χ3n) is 3.38. The Morgan fingerprint density at radius 2 is 1.96 bits per heavy atom. The molecule has 0 spiro atoms. The first-order chi connectivity index (χ1) is 13.3. The van der Waals surface area contributed by atoms with Crippen LogP contribution in [0.2, 0.25) is 0 Å². The van der Waals surface area contributed by atoms with Crippen molar-refractivity contribution < 1.29 is 14.3 Å². The van der Waals surface area contributed by atoms with E-state index < -0.39 is 11.5 Å². The van der Waals surface area contributed by atoms with Crippen LogP contribution >= 0.6 is 11.8 Å². The number of nitrogens with two attached hydrogens (primary N) is 1. The summed E-state index contributed by atoms with van der Waals surface area (Å²) in [7, 11) is 0. The number of hydrogen-bond acceptors (Lipinski definition) is 7. The lowest BCUT2D eigenvalue weighted by Crippen LogP contribution is -2.31. The number of nitrogens with one attached hydrogen (secondary N) is 3. The molecule has 150 valence electrons. The Balaban J connectivity index is 2.06. The van der Waals surface area contributed by atoms with E-state index in [0.29, 0.717) is 17.9 Å². The van der Waals surface area contributed by atoms with Crippen molar-refractivity contribution >= 4 is 35.1 Å². The summed E-state index contributed by atoms with van der Waals surface area (Å²) in [6.45, 7) is 6.08. The molecule has 9 nitrogen and oxygen atoms in total. The van der Waals surface area contributed by atoms with Crippen LogP contribution in [-0.2, 0) is 4.79 Å². The smallest absolute Gasteiger partial charge is 0.277 e. The van der Waals surface area contributed by atoms with Gasteiger partial charge in [-0.2, -0.15) is 0 Å². The first kappa shape index (κ1) is 21.3. The molecule has 0 fully saturated rings. The number of nitrogens with zero attached hydrogens (tertiary/aromatic N) is 1. The van der Waals surface area contributed by atoms with Crippen molar-refractivity contribution in [3.05, 3.63) is 40.2 Å². The maximum absolute atomic E-state index is 12.3. The van der Waals surface area contributed by atoms with Gasteiger partial charge in [0.15, 0.2) is 11.0 Å². The van der Waals surface area contributed by atoms with Gasteiger partial charge in [0.05, 0.1) is 12.4 Å². The SMILES string of the molecule is CCOc1ccc(C(=O)Nc2c(N)nc(SCC(=O)NC(C)C)[nH]c2=O)cc1. The molecule has 5 N–H and O–H groups in total. The molecule has 2 amide bonds. The van der Waals surface area contributed by atoms with Crippen LogP contribution in [0.3, 0.4) is 0 Å². The molecule has 0 aliphatic rings. The average molecular weight is 405 g/mol. The number of benzene rings is 1. The van der Waals surface area contributed by atoms with Gasteiger partial charge >= 0.3 is 0 Å². The van der Waals surface area contributed by atoms with Gasteiger partial charge in [-0.05, 0) is 45.0 Å². The molecule has 0 atom stereocenters. The molecule has 0 aliphatic carbocycles. The second-order valence-corrected chi connectivity index (χ2v) is 7.02. The summed E-state index contributed by atoms with van der Waals surface area (Å²) < 4.78 is 5.32. The number of carbonyl (C=O) groups excluding carboxylic acids is 2. The van der Waals surface area contributed by atoms with E-state index in [1.54, 1.807) is 24.3 Å². The highest BCUT2D eigenvalue weighted by Gasteiger charge is 2.15. The number of rotatable bonds is 8. The third-order valence-corrected chi connectivity index (χ3v) is 4.25. The number of aromatic nitrogens is 2. The summed E-state index contributed by atoms with van der Waals surface area (Å²) in [5.41, 5.74) is 5.42. The molecule has 1 heterocycles. The summed E-state index contributed by atoms with van der Waals surface area (Å²) in [6, 6.07) is 6.49. The van der Waals surface area contributed by atoms with Gasteiger partial charge in [-0.1, -0.05) is 11.8 Å². The van der Waals surface area contributed by atoms with Gasteiger partial charge in [-0.3, -0.25) is 19.4 Å². The minimum absolute atomic E-state index is 0.0189. The van der Waals surface area contributed by atoms with Crippen LogP contribution < -0.4 is 26.7 Å². The van der Waals surface area contributed by atoms with Crippen molar-refractivity contribution in [3.63, 3.8) is 0 Å². The fraction of sp³-hybridized carbons (Fsp3) is 0.333. The maximum atomic E-state index is 12.3. The van der Waals surface area contributed by atoms with E-state index >= 15 is 0 Å². The molecule has 1 aromatic heterocycles. The third kappa shape index (κ3) is 6.02. The quantitative estimate of drug-likeness (QED) is 0.386. The summed E-state index contributed by atoms with van der Waals surface area (Å²) in [4.78, 5) is 42.8. The number of ether oxygens (including phenoxy) is 1. The molecule has 1 aromatic carbocycles. The predicted octanol–water partition coefficient (Wildman–Crippen LogP) is 1.62. The van der Waals surface area contributed by atoms with E-state index in [0.717, 1.165) is 11.8 Å². The summed E-state index contributed by atoms with van der Waals surface area (Å²) >= 11 is 1.04. The summed E-state index contributed by atoms with van der Waals surface area (Å²) in [5, 5.41) is 5.39. The molecule has 0 aliphatic heterocycles. The Morgan fingerprint density at radius 3 is 2.54 bits per heavy atom. The number of nitrogen functional groups attached to an aromatic ring is 1. The monoisotopic (exact) mass is 405 g/mol. The molecule has 2 aromatic rings. The molecule has 2 rings (SSSR count). The number of amides is 2. The van der Waals surface area contributed by atoms with Gasteiger partial charge < -0.3 is 21.1 Å². The molecule has 0 radical (unpaired) electrons. The molecule has 0 unspecified atom stereocenters. The van der Waals surface area contributed by atoms with Gasteiger partial charge in [-0.15, -0.1) is 0 Å². The first-order valence-electron chi connectivity index (χ1n) is 8.66. The van der Waals surface area contributed by atoms with Crippen molar-refractivity contribution in [1.29, 1.82) is 0 Å². The van der Waals surface area contributed by atoms with Crippen LogP contribution in [0.15, 0.2) is 34.2 Å². The number of carbonyl (C=O) groups is 2. The van der Waals surface area contributed by atoms with Crippen molar-refractivity contribution in [2.75, 3.05) is 23.4 Å². The van der Waals surface area contributed by atoms with Gasteiger partial charge in [-0.25, -0.2) is 4.98 Å². The largest absolute Gasteiger partial charge is 0.494 e. The van der Waals surface area contributed by atoms with Gasteiger partial charge in [0.1, 0.15) is 11.4 Å². The van der Waals surface area contributed by atoms with Gasteiger partial charge in [0, 0.05) is 11.6 Å². The number of anilines is 2. The highest BCUT2D eigenvalue weighted by molar-refractivity contribution is 7.99. The molecule has 0 saturated heterocycles. The van der Waals surface area contributed by atoms with Crippen LogP contribution in [0, 0.1) is 0 Å². The van der Waals surface area contributed by atoms with Crippen molar-refractivity contribution in [2.24, 2.45) is 0 Å². The Morgan fingerprint density at radius 1 is 1.29 bits per heavy atom. The van der Waals surface area contributed by atoms with Crippen LogP contribution in [0.1, 0.15) is 31.1 Å². The topological polar surface area (TPSA) is 139 Å². The number of aromatic amines is 1. The van der Waals surface area contributed by atoms with Gasteiger partial charge in [0.2, 0.25) is 5.91 Å². The molecule has 0 saturated carbocycles. The van der Waals surface area contributed by atoms with Crippen LogP contribution in [0.5, 0.6) is 5.75 Å². The Labute approximate surface area is 166 Å². The van der Waals surface area contributed by atoms with Crippen molar-refractivity contribution in [2.45, 2.75) is 32.0 Å². The standard InChI is InChI=1S/C18H23N5O4S/c1-4-27-12-7-5-11(6-8-12)16(25)21-14-15(19)22-18(23-17(14)26)28-9-13(24)20-10(2)3/h5-8,10H,4,9H2,1-3H3,(H,20,24)(H,21,25)(H3,19,22,23,26). The molecule has 10 heteroatoms. The highest BCUT2D eigenvalue weighted by Crippen LogP contribution is 2.18. The van der Waals surface area contributed by atoms with Crippen LogP contribution in [-0.4, -0.2) is 40.2 Å². The van der Waals surface area contributed by atoms with Crippen LogP contribution in [0.4, 0.5) is 11.5 Å². The minimum atomic E-state index is -0.599. The molecular formula is C18H23N5O4S. The zero-order chi connectivity index (χ0) is 20.7. The lowest BCUT2D eigenvalue weighted by molar-refractivity contribution is -0.119. The fourth-order valence-corrected chi connectivity index (χ4v) is 2.89. The molecular weight excluding hydrogens is 382 g/mol. The van der Waals surface area contributed by atoms with Crippen LogP contribution in [0.25, 0.3) is 0 Å². The maximum Gasteiger partial charge on any atom is 0.277 e. The second-order valence-electron chi connectivity index (χ2n) is 6.05. The average Bonchev–Trinajstić information content (AvgIpc) is 2.63. The van der Waals surface area contributed by atoms with Gasteiger partial charge in [0.25, 0.3) is 11.5 Å². The normalized spacial score (nSPS) is 10.6. The highest BCUT2D eigenvalue weighted by atomic mass is 32.2. The lowest BCUT2D eigenvalue weighted by atomic mass is 10.2. The zero-order valence-corrected chi connectivity index (χ0v) is 16.7. The van der Waals surface area contributed by atoms with E-state index in [-0.39, 0.29) is 34.4 Å². The molecule has 0 bridgehead atoms. The summed E-state index contributed by atoms with van der Waals surface area (Å²) in [6.07, 6.45) is 0. The first-order valence-corrected chi connectivity index (χ1v) is 9.64. The Kier molecular flexibility index (Phi) is 7.44. The van der Waals surface area contributed by atoms with Crippen molar-refractivity contribution in [1.82, 2.24) is 15.3 Å². The predicted molar refractivity (Wildman–Crippen MR) is 109 cm³/mol. The minimum Gasteiger partial charge on any atom is -0.494 e. The van der Waals surface area contributed by atoms with E-state index in [1.807, 2.05) is 20.8 Å². The van der Waals surface area contributed by atoms with E-state index in [1.165, 1.54) is 0 Å². The van der Waals surface area contributed by atoms with E-state index in [9.17, 15) is 14.4 Å². The number of H-pyrrole nitrogens is 1. The number of thioether (sulfide) groups is 1.